The zero-order chi connectivity index (χ0) is 20.1. The Morgan fingerprint density at radius 2 is 1.86 bits per heavy atom. The van der Waals surface area contributed by atoms with Gasteiger partial charge in [0.1, 0.15) is 11.6 Å². The maximum absolute atomic E-state index is 13.4. The average molecular weight is 406 g/mol. The van der Waals surface area contributed by atoms with Crippen LogP contribution in [0.15, 0.2) is 42.5 Å². The molecule has 0 saturated carbocycles. The summed E-state index contributed by atoms with van der Waals surface area (Å²) < 4.78 is 18.7. The van der Waals surface area contributed by atoms with E-state index in [1.807, 2.05) is 0 Å². The number of hydrogen-bond donors (Lipinski definition) is 1. The molecule has 150 valence electrons. The number of carbonyl (C=O) groups excluding carboxylic acids is 1. The van der Waals surface area contributed by atoms with E-state index in [1.54, 1.807) is 30.3 Å². The quantitative estimate of drug-likeness (QED) is 0.801. The molecule has 1 aliphatic heterocycles. The molecule has 0 spiro atoms. The number of methoxy groups -OCH3 is 1. The number of rotatable bonds is 6. The van der Waals surface area contributed by atoms with E-state index in [0.717, 1.165) is 31.7 Å². The monoisotopic (exact) mass is 405 g/mol. The molecular formula is C21H25ClFN3O2. The van der Waals surface area contributed by atoms with Crippen molar-refractivity contribution >= 4 is 17.5 Å². The first kappa shape index (κ1) is 20.6. The highest BCUT2D eigenvalue weighted by molar-refractivity contribution is 6.31. The fourth-order valence-corrected chi connectivity index (χ4v) is 3.59. The van der Waals surface area contributed by atoms with Gasteiger partial charge in [-0.3, -0.25) is 9.69 Å². The average Bonchev–Trinajstić information content (AvgIpc) is 2.70. The first-order valence-electron chi connectivity index (χ1n) is 9.27. The lowest BCUT2D eigenvalue weighted by Crippen LogP contribution is -2.48. The van der Waals surface area contributed by atoms with Gasteiger partial charge in [0.15, 0.2) is 0 Å². The summed E-state index contributed by atoms with van der Waals surface area (Å²) >= 11 is 6.04. The normalized spacial score (nSPS) is 16.6. The molecule has 28 heavy (non-hydrogen) atoms. The van der Waals surface area contributed by atoms with Gasteiger partial charge in [0, 0.05) is 37.7 Å². The van der Waals surface area contributed by atoms with E-state index in [0.29, 0.717) is 22.9 Å². The molecule has 1 N–H and O–H groups in total. The number of hydrogen-bond acceptors (Lipinski definition) is 4. The van der Waals surface area contributed by atoms with Crippen molar-refractivity contribution in [2.45, 2.75) is 6.04 Å². The Kier molecular flexibility index (Phi) is 6.88. The molecule has 1 fully saturated rings. The minimum atomic E-state index is -0.270. The molecule has 1 unspecified atom stereocenters. The molecule has 1 aliphatic rings. The third-order valence-electron chi connectivity index (χ3n) is 5.10. The summed E-state index contributed by atoms with van der Waals surface area (Å²) in [5, 5.41) is 3.47. The van der Waals surface area contributed by atoms with Gasteiger partial charge in [-0.05, 0) is 42.9 Å². The van der Waals surface area contributed by atoms with Gasteiger partial charge in [-0.1, -0.05) is 23.7 Å². The SMILES string of the molecule is COc1ccc(Cl)cc1C(=O)NCC(c1ccc(F)cc1)N1CCN(C)CC1. The molecule has 1 heterocycles. The lowest BCUT2D eigenvalue weighted by atomic mass is 10.0. The number of carbonyl (C=O) groups is 1. The minimum absolute atomic E-state index is 0.0385. The fourth-order valence-electron chi connectivity index (χ4n) is 3.42. The van der Waals surface area contributed by atoms with E-state index in [-0.39, 0.29) is 17.8 Å². The second-order valence-corrected chi connectivity index (χ2v) is 7.40. The second-order valence-electron chi connectivity index (χ2n) is 6.96. The summed E-state index contributed by atoms with van der Waals surface area (Å²) in [5.74, 6) is -0.0472. The van der Waals surface area contributed by atoms with Gasteiger partial charge in [-0.15, -0.1) is 0 Å². The number of amides is 1. The number of halogens is 2. The van der Waals surface area contributed by atoms with Crippen LogP contribution in [0, 0.1) is 5.82 Å². The summed E-state index contributed by atoms with van der Waals surface area (Å²) in [6.45, 7) is 4.08. The van der Waals surface area contributed by atoms with E-state index >= 15 is 0 Å². The van der Waals surface area contributed by atoms with Gasteiger partial charge in [0.05, 0.1) is 18.7 Å². The van der Waals surface area contributed by atoms with Crippen molar-refractivity contribution in [1.82, 2.24) is 15.1 Å². The van der Waals surface area contributed by atoms with Gasteiger partial charge in [0.2, 0.25) is 0 Å². The number of nitrogens with zero attached hydrogens (tertiary/aromatic N) is 2. The van der Waals surface area contributed by atoms with E-state index < -0.39 is 0 Å². The van der Waals surface area contributed by atoms with Crippen LogP contribution in [0.4, 0.5) is 4.39 Å². The van der Waals surface area contributed by atoms with Crippen LogP contribution < -0.4 is 10.1 Å². The predicted octanol–water partition coefficient (Wildman–Crippen LogP) is 3.21. The molecule has 1 amide bonds. The van der Waals surface area contributed by atoms with Gasteiger partial charge in [0.25, 0.3) is 5.91 Å². The van der Waals surface area contributed by atoms with E-state index in [1.165, 1.54) is 19.2 Å². The molecule has 2 aromatic carbocycles. The van der Waals surface area contributed by atoms with Gasteiger partial charge < -0.3 is 15.0 Å². The van der Waals surface area contributed by atoms with Crippen molar-refractivity contribution in [3.05, 3.63) is 64.4 Å². The van der Waals surface area contributed by atoms with Crippen molar-refractivity contribution in [3.63, 3.8) is 0 Å². The minimum Gasteiger partial charge on any atom is -0.496 e. The van der Waals surface area contributed by atoms with Crippen LogP contribution in [0.3, 0.4) is 0 Å². The van der Waals surface area contributed by atoms with Crippen LogP contribution in [0.1, 0.15) is 22.0 Å². The summed E-state index contributed by atoms with van der Waals surface area (Å²) in [4.78, 5) is 17.4. The van der Waals surface area contributed by atoms with Crippen LogP contribution >= 0.6 is 11.6 Å². The van der Waals surface area contributed by atoms with Crippen molar-refractivity contribution in [2.75, 3.05) is 46.9 Å². The highest BCUT2D eigenvalue weighted by Gasteiger charge is 2.25. The zero-order valence-corrected chi connectivity index (χ0v) is 16.9. The maximum atomic E-state index is 13.4. The highest BCUT2D eigenvalue weighted by atomic mass is 35.5. The molecule has 5 nitrogen and oxygen atoms in total. The number of nitrogens with one attached hydrogen (secondary N) is 1. The maximum Gasteiger partial charge on any atom is 0.255 e. The highest BCUT2D eigenvalue weighted by Crippen LogP contribution is 2.24. The Morgan fingerprint density at radius 1 is 1.18 bits per heavy atom. The lowest BCUT2D eigenvalue weighted by Gasteiger charge is -2.38. The second kappa shape index (κ2) is 9.37. The summed E-state index contributed by atoms with van der Waals surface area (Å²) in [6.07, 6.45) is 0. The Morgan fingerprint density at radius 3 is 2.50 bits per heavy atom. The number of ether oxygens (including phenoxy) is 1. The predicted molar refractivity (Wildman–Crippen MR) is 109 cm³/mol. The molecule has 2 aromatic rings. The Bertz CT molecular complexity index is 808. The van der Waals surface area contributed by atoms with Crippen LogP contribution in [0.2, 0.25) is 5.02 Å². The topological polar surface area (TPSA) is 44.8 Å². The van der Waals surface area contributed by atoms with E-state index in [4.69, 9.17) is 16.3 Å². The molecule has 0 bridgehead atoms. The molecular weight excluding hydrogens is 381 g/mol. The van der Waals surface area contributed by atoms with E-state index in [9.17, 15) is 9.18 Å². The lowest BCUT2D eigenvalue weighted by molar-refractivity contribution is 0.0883. The van der Waals surface area contributed by atoms with Crippen molar-refractivity contribution in [1.29, 1.82) is 0 Å². The molecule has 1 atom stereocenters. The third kappa shape index (κ3) is 5.01. The van der Waals surface area contributed by atoms with Gasteiger partial charge >= 0.3 is 0 Å². The van der Waals surface area contributed by atoms with Crippen molar-refractivity contribution < 1.29 is 13.9 Å². The summed E-state index contributed by atoms with van der Waals surface area (Å²) in [6, 6.07) is 11.4. The molecule has 1 saturated heterocycles. The summed E-state index contributed by atoms with van der Waals surface area (Å²) in [5.41, 5.74) is 1.37. The largest absolute Gasteiger partial charge is 0.496 e. The van der Waals surface area contributed by atoms with Crippen molar-refractivity contribution in [3.8, 4) is 5.75 Å². The number of benzene rings is 2. The number of likely N-dealkylation sites (N-methyl/N-ethyl adjacent to an activating group) is 1. The molecule has 0 aromatic heterocycles. The van der Waals surface area contributed by atoms with Crippen molar-refractivity contribution in [2.24, 2.45) is 0 Å². The zero-order valence-electron chi connectivity index (χ0n) is 16.1. The molecule has 3 rings (SSSR count). The van der Waals surface area contributed by atoms with Gasteiger partial charge in [-0.25, -0.2) is 4.39 Å². The Hall–Kier alpha value is -2.15. The Balaban J connectivity index is 1.77. The molecule has 0 aliphatic carbocycles. The first-order chi connectivity index (χ1) is 13.5. The van der Waals surface area contributed by atoms with E-state index in [2.05, 4.69) is 22.2 Å². The van der Waals surface area contributed by atoms with Crippen LogP contribution in [0.5, 0.6) is 5.75 Å². The smallest absolute Gasteiger partial charge is 0.255 e. The fraction of sp³-hybridized carbons (Fsp3) is 0.381. The van der Waals surface area contributed by atoms with Crippen LogP contribution in [-0.4, -0.2) is 62.6 Å². The standard InChI is InChI=1S/C21H25ClFN3O2/c1-25-9-11-26(12-10-25)19(15-3-6-17(23)7-4-15)14-24-21(27)18-13-16(22)5-8-20(18)28-2/h3-8,13,19H,9-12,14H2,1-2H3,(H,24,27). The number of piperazine rings is 1. The third-order valence-corrected chi connectivity index (χ3v) is 5.33. The first-order valence-corrected chi connectivity index (χ1v) is 9.65. The van der Waals surface area contributed by atoms with Crippen LogP contribution in [0.25, 0.3) is 0 Å². The van der Waals surface area contributed by atoms with Crippen LogP contribution in [-0.2, 0) is 0 Å². The molecule has 7 heteroatoms. The van der Waals surface area contributed by atoms with Gasteiger partial charge in [-0.2, -0.15) is 0 Å². The molecule has 0 radical (unpaired) electrons. The Labute approximate surface area is 170 Å². The summed E-state index contributed by atoms with van der Waals surface area (Å²) in [7, 11) is 3.61.